The molecule has 10 rings (SSSR count). The summed E-state index contributed by atoms with van der Waals surface area (Å²) in [6.45, 7) is 0.864. The van der Waals surface area contributed by atoms with Crippen LogP contribution >= 0.6 is 0 Å². The Hall–Kier alpha value is -8.39. The Bertz CT molecular complexity index is 3310. The van der Waals surface area contributed by atoms with Crippen molar-refractivity contribution in [3.63, 3.8) is 0 Å². The molecule has 0 saturated heterocycles. The van der Waals surface area contributed by atoms with Gasteiger partial charge in [-0.1, -0.05) is 62.1 Å². The number of esters is 1. The standard InChI is InChI=1S/C59H57FN6O7/c1-64(2)41-20-25-45-53(34-41)72-54-35-42(65(3)4)21-26-46(54)59(45)47-33-40(19-24-44(47)58(70)73-59)56(68)61-28-12-7-5-6-8-13-29-71-52-27-16-38(30-48(52)60)32-50-57(69)66-36-51(39-17-22-43(67)23-18-39)62-49(55(66)63-50)31-37-14-10-9-11-15-37/h9-11,14-27,30,33-36,62,67H,5-8,12-13,28-29,31-32H2,1-4H3,(H,61,68). The lowest BCUT2D eigenvalue weighted by molar-refractivity contribution is 0.0224. The fourth-order valence-electron chi connectivity index (χ4n) is 9.78. The van der Waals surface area contributed by atoms with Crippen molar-refractivity contribution < 1.29 is 33.3 Å². The van der Waals surface area contributed by atoms with E-state index in [0.29, 0.717) is 81.7 Å². The van der Waals surface area contributed by atoms with E-state index in [1.165, 1.54) is 10.6 Å². The molecule has 4 aliphatic rings. The third kappa shape index (κ3) is 9.72. The van der Waals surface area contributed by atoms with Gasteiger partial charge in [-0.15, -0.1) is 0 Å². The smallest absolute Gasteiger partial charge is 0.340 e. The van der Waals surface area contributed by atoms with Crippen LogP contribution in [0.15, 0.2) is 138 Å². The van der Waals surface area contributed by atoms with Crippen LogP contribution in [0.1, 0.15) is 98.4 Å². The minimum absolute atomic E-state index is 0.143. The molecule has 1 spiro atoms. The first-order chi connectivity index (χ1) is 35.4. The molecule has 73 heavy (non-hydrogen) atoms. The van der Waals surface area contributed by atoms with E-state index in [1.54, 1.807) is 60.8 Å². The SMILES string of the molecule is CN(C)c1ccc2c(c1)Oc1cc(N(C)C)ccc1C21OC(=O)c2ccc(C(=O)NCCCCCCCCOc3ccc(Cc4nc5c(Cc6ccccc6)[nH]c(-c6ccc(O)cc6)cn-5c4=O)cc3F)cc21. The number of ether oxygens (including phenoxy) is 3. The van der Waals surface area contributed by atoms with E-state index < -0.39 is 17.4 Å². The first-order valence-corrected chi connectivity index (χ1v) is 24.7. The highest BCUT2D eigenvalue weighted by molar-refractivity contribution is 6.00. The molecule has 0 aliphatic carbocycles. The number of imidazole rings is 1. The number of anilines is 2. The minimum Gasteiger partial charge on any atom is -0.508 e. The molecule has 0 radical (unpaired) electrons. The Kier molecular flexibility index (Phi) is 13.5. The van der Waals surface area contributed by atoms with Crippen molar-refractivity contribution in [3.05, 3.63) is 200 Å². The van der Waals surface area contributed by atoms with Gasteiger partial charge >= 0.3 is 5.97 Å². The maximum absolute atomic E-state index is 15.4. The van der Waals surface area contributed by atoms with Gasteiger partial charge in [-0.3, -0.25) is 14.2 Å². The molecular formula is C59H57FN6O7. The van der Waals surface area contributed by atoms with E-state index in [4.69, 9.17) is 19.2 Å². The van der Waals surface area contributed by atoms with Crippen molar-refractivity contribution in [2.45, 2.75) is 57.0 Å². The fourth-order valence-corrected chi connectivity index (χ4v) is 9.78. The second-order valence-corrected chi connectivity index (χ2v) is 19.2. The second-order valence-electron chi connectivity index (χ2n) is 19.2. The summed E-state index contributed by atoms with van der Waals surface area (Å²) >= 11 is 0. The summed E-state index contributed by atoms with van der Waals surface area (Å²) in [4.78, 5) is 53.2. The van der Waals surface area contributed by atoms with Crippen molar-refractivity contribution in [1.82, 2.24) is 19.9 Å². The van der Waals surface area contributed by atoms with Crippen molar-refractivity contribution in [1.29, 1.82) is 0 Å². The van der Waals surface area contributed by atoms with E-state index >= 15 is 4.39 Å². The molecular weight excluding hydrogens is 924 g/mol. The maximum atomic E-state index is 15.4. The summed E-state index contributed by atoms with van der Waals surface area (Å²) in [6, 6.07) is 38.3. The minimum atomic E-state index is -1.30. The molecule has 0 atom stereocenters. The van der Waals surface area contributed by atoms with Crippen LogP contribution in [0.4, 0.5) is 15.8 Å². The van der Waals surface area contributed by atoms with Crippen LogP contribution in [0.2, 0.25) is 0 Å². The second kappa shape index (κ2) is 20.4. The third-order valence-corrected chi connectivity index (χ3v) is 13.7. The number of fused-ring (bicyclic) bond motifs is 7. The van der Waals surface area contributed by atoms with Crippen molar-refractivity contribution >= 4 is 23.3 Å². The zero-order chi connectivity index (χ0) is 50.8. The van der Waals surface area contributed by atoms with Gasteiger partial charge in [-0.05, 0) is 108 Å². The number of H-pyrrole nitrogens is 1. The molecule has 3 N–H and O–H groups in total. The molecule has 6 aromatic carbocycles. The van der Waals surface area contributed by atoms with Crippen LogP contribution in [0.5, 0.6) is 23.0 Å². The number of unbranched alkanes of at least 4 members (excludes halogenated alkanes) is 5. The van der Waals surface area contributed by atoms with E-state index in [2.05, 4.69) is 10.3 Å². The Morgan fingerprint density at radius 1 is 0.753 bits per heavy atom. The van der Waals surface area contributed by atoms with Gasteiger partial charge in [0.05, 0.1) is 23.6 Å². The van der Waals surface area contributed by atoms with Crippen molar-refractivity contribution in [2.24, 2.45) is 0 Å². The van der Waals surface area contributed by atoms with Gasteiger partial charge < -0.3 is 39.4 Å². The molecule has 0 bridgehead atoms. The fraction of sp³-hybridized carbons (Fsp3) is 0.254. The summed E-state index contributed by atoms with van der Waals surface area (Å²) in [5.74, 6) is 0.766. The number of aromatic nitrogens is 3. The normalized spacial score (nSPS) is 13.0. The zero-order valence-electron chi connectivity index (χ0n) is 41.3. The highest BCUT2D eigenvalue weighted by Gasteiger charge is 2.54. The van der Waals surface area contributed by atoms with Crippen LogP contribution in [0.25, 0.3) is 17.1 Å². The highest BCUT2D eigenvalue weighted by atomic mass is 19.1. The Balaban J connectivity index is 0.705. The number of hydrogen-bond donors (Lipinski definition) is 3. The van der Waals surface area contributed by atoms with E-state index in [-0.39, 0.29) is 29.4 Å². The number of amides is 1. The highest BCUT2D eigenvalue weighted by Crippen LogP contribution is 2.57. The average Bonchev–Trinajstić information content (AvgIpc) is 3.86. The van der Waals surface area contributed by atoms with Crippen LogP contribution in [-0.4, -0.2) is 72.9 Å². The Morgan fingerprint density at radius 2 is 1.44 bits per heavy atom. The lowest BCUT2D eigenvalue weighted by atomic mass is 9.77. The number of aromatic amines is 1. The van der Waals surface area contributed by atoms with E-state index in [1.807, 2.05) is 105 Å². The van der Waals surface area contributed by atoms with Crippen LogP contribution < -0.4 is 30.1 Å². The molecule has 14 heteroatoms. The Labute approximate surface area is 423 Å². The van der Waals surface area contributed by atoms with Gasteiger partial charge in [0.1, 0.15) is 22.9 Å². The summed E-state index contributed by atoms with van der Waals surface area (Å²) < 4.78 is 35.6. The number of halogens is 1. The maximum Gasteiger partial charge on any atom is 0.340 e. The molecule has 0 unspecified atom stereocenters. The number of aromatic hydroxyl groups is 1. The molecule has 4 heterocycles. The number of nitrogens with zero attached hydrogens (tertiary/aromatic N) is 4. The van der Waals surface area contributed by atoms with E-state index in [0.717, 1.165) is 66.7 Å². The Morgan fingerprint density at radius 3 is 2.12 bits per heavy atom. The van der Waals surface area contributed by atoms with Gasteiger partial charge in [-0.2, -0.15) is 0 Å². The molecule has 6 aromatic rings. The largest absolute Gasteiger partial charge is 0.508 e. The van der Waals surface area contributed by atoms with Crippen LogP contribution in [-0.2, 0) is 23.2 Å². The first kappa shape index (κ1) is 48.2. The van der Waals surface area contributed by atoms with E-state index in [9.17, 15) is 19.5 Å². The number of carbonyl (C=O) groups is 2. The summed E-state index contributed by atoms with van der Waals surface area (Å²) in [7, 11) is 7.82. The topological polar surface area (TPSA) is 151 Å². The number of phenolic OH excluding ortho intramolecular Hbond substituents is 1. The van der Waals surface area contributed by atoms with Gasteiger partial charge in [0.25, 0.3) is 11.5 Å². The third-order valence-electron chi connectivity index (χ3n) is 13.7. The molecule has 0 aromatic heterocycles. The van der Waals surface area contributed by atoms with Crippen LogP contribution in [0, 0.1) is 5.82 Å². The summed E-state index contributed by atoms with van der Waals surface area (Å²) in [5.41, 5.74) is 7.29. The monoisotopic (exact) mass is 980 g/mol. The molecule has 4 aliphatic heterocycles. The summed E-state index contributed by atoms with van der Waals surface area (Å²) in [5, 5.41) is 12.9. The van der Waals surface area contributed by atoms with Gasteiger partial charge in [0.15, 0.2) is 23.0 Å². The van der Waals surface area contributed by atoms with Crippen molar-refractivity contribution in [2.75, 3.05) is 51.1 Å². The van der Waals surface area contributed by atoms with Gasteiger partial charge in [0, 0.05) is 99.5 Å². The van der Waals surface area contributed by atoms with Gasteiger partial charge in [0.2, 0.25) is 0 Å². The number of carbonyl (C=O) groups excluding carboxylic acids is 2. The summed E-state index contributed by atoms with van der Waals surface area (Å²) in [6.07, 6.45) is 7.70. The number of hydrogen-bond acceptors (Lipinski definition) is 10. The quantitative estimate of drug-likeness (QED) is 0.0560. The van der Waals surface area contributed by atoms with Crippen molar-refractivity contribution in [3.8, 4) is 40.1 Å². The predicted molar refractivity (Wildman–Crippen MR) is 280 cm³/mol. The number of rotatable bonds is 18. The number of nitrogens with one attached hydrogen (secondary N) is 2. The lowest BCUT2D eigenvalue weighted by Gasteiger charge is -2.37. The number of phenols is 1. The molecule has 13 nitrogen and oxygen atoms in total. The molecule has 1 amide bonds. The lowest BCUT2D eigenvalue weighted by Crippen LogP contribution is -2.33. The average molecular weight is 981 g/mol. The number of benzene rings is 6. The first-order valence-electron chi connectivity index (χ1n) is 24.7. The zero-order valence-corrected chi connectivity index (χ0v) is 41.3. The molecule has 0 fully saturated rings. The predicted octanol–water partition coefficient (Wildman–Crippen LogP) is 10.5. The molecule has 0 saturated carbocycles. The molecule has 372 valence electrons. The van der Waals surface area contributed by atoms with Gasteiger partial charge in [-0.25, -0.2) is 14.2 Å². The van der Waals surface area contributed by atoms with Crippen LogP contribution in [0.3, 0.4) is 0 Å².